The van der Waals surface area contributed by atoms with Crippen molar-refractivity contribution in [2.75, 3.05) is 32.2 Å². The predicted octanol–water partition coefficient (Wildman–Crippen LogP) is 1.96. The number of aryl methyl sites for hydroxylation is 1. The van der Waals surface area contributed by atoms with Gasteiger partial charge in [0.1, 0.15) is 16.4 Å². The van der Waals surface area contributed by atoms with Crippen molar-refractivity contribution in [2.24, 2.45) is 0 Å². The van der Waals surface area contributed by atoms with E-state index in [9.17, 15) is 13.2 Å². The number of benzene rings is 2. The molecule has 1 amide bonds. The number of anilines is 1. The van der Waals surface area contributed by atoms with Crippen molar-refractivity contribution in [3.8, 4) is 11.5 Å². The Morgan fingerprint density at radius 3 is 2.67 bits per heavy atom. The molecule has 2 aromatic rings. The molecule has 1 aliphatic heterocycles. The maximum absolute atomic E-state index is 12.6. The molecule has 0 aliphatic carbocycles. The lowest BCUT2D eigenvalue weighted by Crippen LogP contribution is -2.42. The van der Waals surface area contributed by atoms with Gasteiger partial charge >= 0.3 is 0 Å². The van der Waals surface area contributed by atoms with E-state index in [-0.39, 0.29) is 23.1 Å². The van der Waals surface area contributed by atoms with E-state index in [1.54, 1.807) is 4.90 Å². The van der Waals surface area contributed by atoms with E-state index >= 15 is 0 Å². The van der Waals surface area contributed by atoms with E-state index in [1.165, 1.54) is 32.4 Å². The summed E-state index contributed by atoms with van der Waals surface area (Å²) in [4.78, 5) is 14.2. The zero-order chi connectivity index (χ0) is 19.4. The van der Waals surface area contributed by atoms with E-state index in [2.05, 4.69) is 4.72 Å². The van der Waals surface area contributed by atoms with Crippen molar-refractivity contribution in [1.29, 1.82) is 0 Å². The second-order valence-corrected chi connectivity index (χ2v) is 7.85. The number of nitrogens with one attached hydrogen (secondary N) is 1. The van der Waals surface area contributed by atoms with Crippen LogP contribution in [0.1, 0.15) is 12.0 Å². The van der Waals surface area contributed by atoms with Crippen molar-refractivity contribution in [1.82, 2.24) is 4.72 Å². The van der Waals surface area contributed by atoms with Crippen molar-refractivity contribution < 1.29 is 22.7 Å². The van der Waals surface area contributed by atoms with E-state index < -0.39 is 10.0 Å². The topological polar surface area (TPSA) is 84.9 Å². The van der Waals surface area contributed by atoms with Gasteiger partial charge in [-0.3, -0.25) is 4.79 Å². The minimum atomic E-state index is -3.92. The number of hydrogen-bond acceptors (Lipinski definition) is 5. The average molecular weight is 390 g/mol. The van der Waals surface area contributed by atoms with Crippen molar-refractivity contribution in [3.63, 3.8) is 0 Å². The number of amides is 1. The number of para-hydroxylation sites is 1. The molecule has 0 atom stereocenters. The summed E-state index contributed by atoms with van der Waals surface area (Å²) in [6.45, 7) is 0.245. The Labute approximate surface area is 158 Å². The number of sulfonamides is 1. The second kappa shape index (κ2) is 7.98. The first-order chi connectivity index (χ1) is 13.0. The van der Waals surface area contributed by atoms with Crippen LogP contribution in [0.2, 0.25) is 0 Å². The molecule has 144 valence electrons. The van der Waals surface area contributed by atoms with Gasteiger partial charge in [0.2, 0.25) is 15.9 Å². The van der Waals surface area contributed by atoms with E-state index in [1.807, 2.05) is 24.3 Å². The van der Waals surface area contributed by atoms with Crippen LogP contribution in [0.4, 0.5) is 5.69 Å². The van der Waals surface area contributed by atoms with Gasteiger partial charge in [0, 0.05) is 18.3 Å². The number of rotatable bonds is 6. The maximum Gasteiger partial charge on any atom is 0.244 e. The number of carbonyl (C=O) groups is 1. The summed E-state index contributed by atoms with van der Waals surface area (Å²) in [7, 11) is -1.06. The summed E-state index contributed by atoms with van der Waals surface area (Å²) < 4.78 is 37.9. The Kier molecular flexibility index (Phi) is 5.67. The van der Waals surface area contributed by atoms with Crippen LogP contribution in [-0.4, -0.2) is 41.6 Å². The quantitative estimate of drug-likeness (QED) is 0.815. The Hall–Kier alpha value is -2.58. The molecule has 2 aromatic carbocycles. The fourth-order valence-corrected chi connectivity index (χ4v) is 4.24. The molecule has 1 N–H and O–H groups in total. The molecule has 0 aromatic heterocycles. The highest BCUT2D eigenvalue weighted by atomic mass is 32.2. The van der Waals surface area contributed by atoms with Crippen LogP contribution in [0, 0.1) is 0 Å². The van der Waals surface area contributed by atoms with E-state index in [0.29, 0.717) is 12.3 Å². The normalized spacial score (nSPS) is 13.8. The zero-order valence-corrected chi connectivity index (χ0v) is 16.1. The van der Waals surface area contributed by atoms with Crippen molar-refractivity contribution >= 4 is 21.6 Å². The Morgan fingerprint density at radius 2 is 1.93 bits per heavy atom. The van der Waals surface area contributed by atoms with Crippen LogP contribution in [0.3, 0.4) is 0 Å². The number of ether oxygens (including phenoxy) is 2. The monoisotopic (exact) mass is 390 g/mol. The van der Waals surface area contributed by atoms with Gasteiger partial charge in [0.15, 0.2) is 0 Å². The third-order valence-electron chi connectivity index (χ3n) is 4.49. The molecule has 0 spiro atoms. The maximum atomic E-state index is 12.6. The molecule has 0 saturated carbocycles. The SMILES string of the molecule is COc1ccc(S(=O)(=O)NCC(=O)N2CCCc3ccccc32)c(OC)c1. The minimum Gasteiger partial charge on any atom is -0.497 e. The summed E-state index contributed by atoms with van der Waals surface area (Å²) in [5.74, 6) is 0.336. The lowest BCUT2D eigenvalue weighted by molar-refractivity contribution is -0.117. The molecule has 7 nitrogen and oxygen atoms in total. The molecule has 3 rings (SSSR count). The third kappa shape index (κ3) is 4.06. The van der Waals surface area contributed by atoms with Gasteiger partial charge < -0.3 is 14.4 Å². The lowest BCUT2D eigenvalue weighted by atomic mass is 10.0. The number of nitrogens with zero attached hydrogens (tertiary/aromatic N) is 1. The van der Waals surface area contributed by atoms with Gasteiger partial charge in [-0.25, -0.2) is 13.1 Å². The standard InChI is InChI=1S/C19H22N2O5S/c1-25-15-9-10-18(17(12-15)26-2)27(23,24)20-13-19(22)21-11-5-7-14-6-3-4-8-16(14)21/h3-4,6,8-10,12,20H,5,7,11,13H2,1-2H3. The number of fused-ring (bicyclic) bond motifs is 1. The minimum absolute atomic E-state index is 0.0438. The van der Waals surface area contributed by atoms with E-state index in [0.717, 1.165) is 24.1 Å². The fourth-order valence-electron chi connectivity index (χ4n) is 3.12. The van der Waals surface area contributed by atoms with Gasteiger partial charge in [-0.15, -0.1) is 0 Å². The van der Waals surface area contributed by atoms with Crippen LogP contribution >= 0.6 is 0 Å². The first kappa shape index (κ1) is 19.2. The van der Waals surface area contributed by atoms with Crippen molar-refractivity contribution in [3.05, 3.63) is 48.0 Å². The Morgan fingerprint density at radius 1 is 1.15 bits per heavy atom. The molecule has 8 heteroatoms. The zero-order valence-electron chi connectivity index (χ0n) is 15.3. The van der Waals surface area contributed by atoms with Gasteiger partial charge in [0.25, 0.3) is 0 Å². The van der Waals surface area contributed by atoms with Crippen LogP contribution < -0.4 is 19.1 Å². The predicted molar refractivity (Wildman–Crippen MR) is 102 cm³/mol. The lowest BCUT2D eigenvalue weighted by Gasteiger charge is -2.29. The van der Waals surface area contributed by atoms with Crippen LogP contribution in [-0.2, 0) is 21.2 Å². The molecule has 0 unspecified atom stereocenters. The molecule has 1 aliphatic rings. The molecular weight excluding hydrogens is 368 g/mol. The van der Waals surface area contributed by atoms with Crippen LogP contribution in [0.25, 0.3) is 0 Å². The van der Waals surface area contributed by atoms with Gasteiger partial charge in [-0.2, -0.15) is 0 Å². The Bertz CT molecular complexity index is 943. The first-order valence-electron chi connectivity index (χ1n) is 8.56. The highest BCUT2D eigenvalue weighted by molar-refractivity contribution is 7.89. The smallest absolute Gasteiger partial charge is 0.244 e. The average Bonchev–Trinajstić information content (AvgIpc) is 2.71. The van der Waals surface area contributed by atoms with Gasteiger partial charge in [0.05, 0.1) is 20.8 Å². The number of methoxy groups -OCH3 is 2. The third-order valence-corrected chi connectivity index (χ3v) is 5.93. The molecular formula is C19H22N2O5S. The summed E-state index contributed by atoms with van der Waals surface area (Å²) in [5, 5.41) is 0. The molecule has 0 saturated heterocycles. The molecule has 1 heterocycles. The second-order valence-electron chi connectivity index (χ2n) is 6.12. The number of hydrogen-bond donors (Lipinski definition) is 1. The highest BCUT2D eigenvalue weighted by Gasteiger charge is 2.25. The van der Waals surface area contributed by atoms with Gasteiger partial charge in [-0.05, 0) is 36.6 Å². The Balaban J connectivity index is 1.76. The molecule has 0 fully saturated rings. The molecule has 0 bridgehead atoms. The van der Waals surface area contributed by atoms with Crippen LogP contribution in [0.15, 0.2) is 47.4 Å². The summed E-state index contributed by atoms with van der Waals surface area (Å²) in [5.41, 5.74) is 1.94. The van der Waals surface area contributed by atoms with E-state index in [4.69, 9.17) is 9.47 Å². The first-order valence-corrected chi connectivity index (χ1v) is 10.0. The summed E-state index contributed by atoms with van der Waals surface area (Å²) in [6, 6.07) is 12.1. The van der Waals surface area contributed by atoms with Crippen LogP contribution in [0.5, 0.6) is 11.5 Å². The van der Waals surface area contributed by atoms with Gasteiger partial charge in [-0.1, -0.05) is 18.2 Å². The highest BCUT2D eigenvalue weighted by Crippen LogP contribution is 2.29. The molecule has 27 heavy (non-hydrogen) atoms. The molecule has 0 radical (unpaired) electrons. The number of carbonyl (C=O) groups excluding carboxylic acids is 1. The fraction of sp³-hybridized carbons (Fsp3) is 0.316. The van der Waals surface area contributed by atoms with Crippen molar-refractivity contribution in [2.45, 2.75) is 17.7 Å². The summed E-state index contributed by atoms with van der Waals surface area (Å²) in [6.07, 6.45) is 1.76. The largest absolute Gasteiger partial charge is 0.497 e. The summed E-state index contributed by atoms with van der Waals surface area (Å²) >= 11 is 0.